The molecule has 1 N–H and O–H groups in total. The Kier molecular flexibility index (Phi) is 8.73. The van der Waals surface area contributed by atoms with Gasteiger partial charge >= 0.3 is 0 Å². The second-order valence-corrected chi connectivity index (χ2v) is 11.4. The number of hydrogen-bond donors (Lipinski definition) is 1. The van der Waals surface area contributed by atoms with E-state index in [1.54, 1.807) is 37.4 Å². The molecule has 0 saturated heterocycles. The number of phenols is 1. The number of amides is 1. The highest BCUT2D eigenvalue weighted by atomic mass is 32.2. The lowest BCUT2D eigenvalue weighted by Gasteiger charge is -2.24. The molecule has 0 spiro atoms. The lowest BCUT2D eigenvalue weighted by molar-refractivity contribution is -0.118. The van der Waals surface area contributed by atoms with E-state index in [0.29, 0.717) is 41.2 Å². The number of nitrogens with zero attached hydrogens (tertiary/aromatic N) is 2. The summed E-state index contributed by atoms with van der Waals surface area (Å²) in [6.45, 7) is 4.05. The molecular weight excluding hydrogens is 551 g/mol. The Hall–Kier alpha value is -4.43. The summed E-state index contributed by atoms with van der Waals surface area (Å²) in [5.74, 6) is -0.318. The van der Waals surface area contributed by atoms with Crippen LogP contribution in [0, 0.1) is 19.7 Å². The summed E-state index contributed by atoms with van der Waals surface area (Å²) in [7, 11) is 1.57. The number of thioether (sulfide) groups is 1. The molecule has 5 rings (SSSR count). The third-order valence-electron chi connectivity index (χ3n) is 7.03. The van der Waals surface area contributed by atoms with E-state index >= 15 is 0 Å². The van der Waals surface area contributed by atoms with Gasteiger partial charge in [0.2, 0.25) is 0 Å². The average molecular weight is 583 g/mol. The summed E-state index contributed by atoms with van der Waals surface area (Å²) in [6, 6.07) is 24.0. The number of ether oxygens (including phenoxy) is 1. The number of benzene rings is 4. The Labute approximate surface area is 248 Å². The normalized spacial score (nSPS) is 14.5. The summed E-state index contributed by atoms with van der Waals surface area (Å²) >= 11 is 1.33. The third-order valence-corrected chi connectivity index (χ3v) is 8.25. The zero-order chi connectivity index (χ0) is 29.8. The maximum Gasteiger partial charge on any atom is 0.279 e. The highest BCUT2D eigenvalue weighted by Gasteiger charge is 2.37. The number of para-hydroxylation sites is 2. The van der Waals surface area contributed by atoms with Crippen LogP contribution >= 0.6 is 11.8 Å². The van der Waals surface area contributed by atoms with Crippen molar-refractivity contribution in [2.75, 3.05) is 7.11 Å². The Morgan fingerprint density at radius 1 is 0.976 bits per heavy atom. The molecule has 1 amide bonds. The van der Waals surface area contributed by atoms with Crippen molar-refractivity contribution in [3.63, 3.8) is 0 Å². The number of phenolic OH excluding ortho intramolecular Hbond substituents is 1. The Morgan fingerprint density at radius 2 is 1.69 bits per heavy atom. The molecule has 0 fully saturated rings. The minimum atomic E-state index is -0.627. The molecular formula is C34H31FN2O4S. The summed E-state index contributed by atoms with van der Waals surface area (Å²) in [5.41, 5.74) is 5.58. The molecule has 4 aromatic rings. The lowest BCUT2D eigenvalue weighted by atomic mass is 9.98. The molecule has 1 aliphatic heterocycles. The number of aryl methyl sites for hydroxylation is 3. The van der Waals surface area contributed by atoms with Crippen molar-refractivity contribution in [2.24, 2.45) is 5.10 Å². The van der Waals surface area contributed by atoms with Gasteiger partial charge in [-0.3, -0.25) is 9.59 Å². The van der Waals surface area contributed by atoms with Gasteiger partial charge < -0.3 is 9.84 Å². The second kappa shape index (κ2) is 12.6. The highest BCUT2D eigenvalue weighted by molar-refractivity contribution is 8.14. The Balaban J connectivity index is 1.43. The van der Waals surface area contributed by atoms with E-state index in [9.17, 15) is 19.1 Å². The van der Waals surface area contributed by atoms with Crippen LogP contribution in [0.15, 0.2) is 90.0 Å². The molecule has 1 unspecified atom stereocenters. The summed E-state index contributed by atoms with van der Waals surface area (Å²) in [5, 5.41) is 16.3. The van der Waals surface area contributed by atoms with Crippen LogP contribution < -0.4 is 4.74 Å². The summed E-state index contributed by atoms with van der Waals surface area (Å²) in [4.78, 5) is 26.6. The van der Waals surface area contributed by atoms with Gasteiger partial charge in [-0.2, -0.15) is 5.10 Å². The number of halogens is 1. The molecule has 0 radical (unpaired) electrons. The van der Waals surface area contributed by atoms with E-state index in [1.807, 2.05) is 44.2 Å². The van der Waals surface area contributed by atoms with Gasteiger partial charge in [0, 0.05) is 24.0 Å². The first-order chi connectivity index (χ1) is 20.2. The second-order valence-electron chi connectivity index (χ2n) is 10.3. The fourth-order valence-corrected chi connectivity index (χ4v) is 6.35. The highest BCUT2D eigenvalue weighted by Crippen LogP contribution is 2.46. The van der Waals surface area contributed by atoms with Crippen molar-refractivity contribution >= 4 is 28.5 Å². The third kappa shape index (κ3) is 6.39. The van der Waals surface area contributed by atoms with Crippen molar-refractivity contribution in [2.45, 2.75) is 38.5 Å². The van der Waals surface area contributed by atoms with E-state index in [1.165, 1.54) is 35.0 Å². The van der Waals surface area contributed by atoms with Gasteiger partial charge in [-0.15, -0.1) is 0 Å². The number of methoxy groups -OCH3 is 1. The first kappa shape index (κ1) is 29.1. The number of hydrazone groups is 1. The smallest absolute Gasteiger partial charge is 0.279 e. The molecule has 4 aromatic carbocycles. The van der Waals surface area contributed by atoms with Gasteiger partial charge in [0.05, 0.1) is 12.7 Å². The van der Waals surface area contributed by atoms with Gasteiger partial charge in [0.25, 0.3) is 5.91 Å². The Morgan fingerprint density at radius 3 is 2.38 bits per heavy atom. The molecule has 1 aliphatic rings. The number of aromatic hydroxyl groups is 1. The van der Waals surface area contributed by atoms with Crippen LogP contribution in [0.4, 0.5) is 4.39 Å². The fraction of sp³-hybridized carbons (Fsp3) is 0.206. The van der Waals surface area contributed by atoms with Crippen molar-refractivity contribution in [1.29, 1.82) is 0 Å². The van der Waals surface area contributed by atoms with Crippen molar-refractivity contribution in [1.82, 2.24) is 5.01 Å². The molecule has 0 aliphatic carbocycles. The van der Waals surface area contributed by atoms with Crippen LogP contribution in [0.2, 0.25) is 0 Å². The molecule has 0 bridgehead atoms. The SMILES string of the molecule is COc1c(CCC(=O)Cc2cc(C)cc(C)c2)cccc1C1SC(c2ccc(F)cc2)=NN1C(=O)c1ccccc1O. The van der Waals surface area contributed by atoms with Gasteiger partial charge in [0.1, 0.15) is 33.5 Å². The predicted molar refractivity (Wildman–Crippen MR) is 163 cm³/mol. The van der Waals surface area contributed by atoms with Crippen LogP contribution in [0.25, 0.3) is 0 Å². The first-order valence-electron chi connectivity index (χ1n) is 13.6. The molecule has 0 saturated carbocycles. The Bertz CT molecular complexity index is 1650. The number of carbonyl (C=O) groups is 2. The van der Waals surface area contributed by atoms with E-state index in [2.05, 4.69) is 11.2 Å². The minimum Gasteiger partial charge on any atom is -0.507 e. The zero-order valence-electron chi connectivity index (χ0n) is 23.6. The van der Waals surface area contributed by atoms with Crippen molar-refractivity contribution < 1.29 is 23.8 Å². The summed E-state index contributed by atoms with van der Waals surface area (Å²) in [6.07, 6.45) is 1.17. The quantitative estimate of drug-likeness (QED) is 0.227. The molecule has 8 heteroatoms. The van der Waals surface area contributed by atoms with Crippen LogP contribution in [0.5, 0.6) is 11.5 Å². The molecule has 1 heterocycles. The number of rotatable bonds is 9. The average Bonchev–Trinajstić information content (AvgIpc) is 3.41. The van der Waals surface area contributed by atoms with E-state index in [4.69, 9.17) is 4.74 Å². The number of carbonyl (C=O) groups excluding carboxylic acids is 2. The maximum absolute atomic E-state index is 13.7. The molecule has 214 valence electrons. The van der Waals surface area contributed by atoms with Gasteiger partial charge in [0.15, 0.2) is 0 Å². The monoisotopic (exact) mass is 582 g/mol. The van der Waals surface area contributed by atoms with Crippen LogP contribution in [0.3, 0.4) is 0 Å². The predicted octanol–water partition coefficient (Wildman–Crippen LogP) is 7.15. The first-order valence-corrected chi connectivity index (χ1v) is 14.5. The van der Waals surface area contributed by atoms with Crippen LogP contribution in [0.1, 0.15) is 55.5 Å². The summed E-state index contributed by atoms with van der Waals surface area (Å²) < 4.78 is 19.5. The topological polar surface area (TPSA) is 79.2 Å². The maximum atomic E-state index is 13.7. The molecule has 42 heavy (non-hydrogen) atoms. The largest absolute Gasteiger partial charge is 0.507 e. The number of Topliss-reactive ketones (excluding diaryl/α,β-unsaturated/α-hetero) is 1. The van der Waals surface area contributed by atoms with Crippen molar-refractivity contribution in [3.8, 4) is 11.5 Å². The van der Waals surface area contributed by atoms with Crippen LogP contribution in [-0.4, -0.2) is 34.0 Å². The molecule has 0 aromatic heterocycles. The van der Waals surface area contributed by atoms with E-state index in [0.717, 1.165) is 22.3 Å². The fourth-order valence-electron chi connectivity index (χ4n) is 5.18. The molecule has 1 atom stereocenters. The van der Waals surface area contributed by atoms with E-state index in [-0.39, 0.29) is 22.9 Å². The van der Waals surface area contributed by atoms with Gasteiger partial charge in [-0.05, 0) is 67.8 Å². The number of hydrogen-bond acceptors (Lipinski definition) is 6. The lowest BCUT2D eigenvalue weighted by Crippen LogP contribution is -2.26. The van der Waals surface area contributed by atoms with Gasteiger partial charge in [-0.25, -0.2) is 9.40 Å². The zero-order valence-corrected chi connectivity index (χ0v) is 24.5. The van der Waals surface area contributed by atoms with Gasteiger partial charge in [-0.1, -0.05) is 71.4 Å². The van der Waals surface area contributed by atoms with Crippen LogP contribution in [-0.2, 0) is 17.6 Å². The standard InChI is InChI=1S/C34H31FN2O4S/c1-21-17-22(2)19-23(18-21)20-27(38)16-13-24-7-6-9-29(31(24)41-3)34-37(33(40)28-8-4-5-10-30(28)39)36-32(42-34)25-11-14-26(35)15-12-25/h4-12,14-15,17-19,34,39H,13,16,20H2,1-3H3. The van der Waals surface area contributed by atoms with E-state index < -0.39 is 11.3 Å². The minimum absolute atomic E-state index is 0.110. The molecule has 6 nitrogen and oxygen atoms in total. The van der Waals surface area contributed by atoms with Crippen molar-refractivity contribution in [3.05, 3.63) is 130 Å². The number of ketones is 1.